The molecule has 2 N–H and O–H groups in total. The van der Waals surface area contributed by atoms with Crippen LogP contribution in [0.15, 0.2) is 28.7 Å². The van der Waals surface area contributed by atoms with Gasteiger partial charge in [0, 0.05) is 6.04 Å². The van der Waals surface area contributed by atoms with Crippen molar-refractivity contribution < 1.29 is 9.53 Å². The van der Waals surface area contributed by atoms with Gasteiger partial charge in [-0.15, -0.1) is 12.4 Å². The third kappa shape index (κ3) is 4.96. The van der Waals surface area contributed by atoms with Crippen LogP contribution in [0.2, 0.25) is 0 Å². The van der Waals surface area contributed by atoms with Crippen molar-refractivity contribution in [2.75, 3.05) is 13.1 Å². The predicted molar refractivity (Wildman–Crippen MR) is 85.5 cm³/mol. The molecule has 1 atom stereocenters. The van der Waals surface area contributed by atoms with E-state index >= 15 is 0 Å². The summed E-state index contributed by atoms with van der Waals surface area (Å²) in [6, 6.07) is 7.80. The summed E-state index contributed by atoms with van der Waals surface area (Å²) in [7, 11) is 0. The SMILES string of the molecule is CC(Oc1ccccc1Br)C(=O)NC1CCNCC1.Cl. The van der Waals surface area contributed by atoms with E-state index in [0.717, 1.165) is 30.4 Å². The Morgan fingerprint density at radius 2 is 2.05 bits per heavy atom. The highest BCUT2D eigenvalue weighted by Gasteiger charge is 2.20. The summed E-state index contributed by atoms with van der Waals surface area (Å²) in [5.41, 5.74) is 0. The zero-order chi connectivity index (χ0) is 13.7. The lowest BCUT2D eigenvalue weighted by Gasteiger charge is -2.25. The Hall–Kier alpha value is -0.780. The number of piperidine rings is 1. The lowest BCUT2D eigenvalue weighted by Crippen LogP contribution is -2.47. The highest BCUT2D eigenvalue weighted by atomic mass is 79.9. The predicted octanol–water partition coefficient (Wildman–Crippen LogP) is 2.51. The number of hydrogen-bond donors (Lipinski definition) is 2. The lowest BCUT2D eigenvalue weighted by atomic mass is 10.1. The van der Waals surface area contributed by atoms with Gasteiger partial charge in [0.25, 0.3) is 5.91 Å². The Morgan fingerprint density at radius 1 is 1.40 bits per heavy atom. The van der Waals surface area contributed by atoms with Crippen molar-refractivity contribution in [2.45, 2.75) is 31.9 Å². The average Bonchev–Trinajstić information content (AvgIpc) is 2.42. The van der Waals surface area contributed by atoms with Gasteiger partial charge in [-0.1, -0.05) is 12.1 Å². The van der Waals surface area contributed by atoms with Crippen LogP contribution in [0.5, 0.6) is 5.75 Å². The molecule has 0 radical (unpaired) electrons. The van der Waals surface area contributed by atoms with Gasteiger partial charge in [-0.3, -0.25) is 4.79 Å². The number of para-hydroxylation sites is 1. The van der Waals surface area contributed by atoms with Crippen molar-refractivity contribution in [3.63, 3.8) is 0 Å². The van der Waals surface area contributed by atoms with Gasteiger partial charge in [0.15, 0.2) is 6.10 Å². The summed E-state index contributed by atoms with van der Waals surface area (Å²) >= 11 is 3.41. The molecule has 1 aromatic carbocycles. The van der Waals surface area contributed by atoms with Crippen LogP contribution in [0.4, 0.5) is 0 Å². The van der Waals surface area contributed by atoms with Gasteiger partial charge in [-0.25, -0.2) is 0 Å². The van der Waals surface area contributed by atoms with Crippen molar-refractivity contribution in [3.8, 4) is 5.75 Å². The summed E-state index contributed by atoms with van der Waals surface area (Å²) in [6.07, 6.45) is 1.47. The maximum Gasteiger partial charge on any atom is 0.260 e. The second-order valence-corrected chi connectivity index (χ2v) is 5.58. The molecule has 1 aliphatic heterocycles. The molecule has 0 spiro atoms. The first kappa shape index (κ1) is 17.3. The van der Waals surface area contributed by atoms with Gasteiger partial charge in [0.2, 0.25) is 0 Å². The second-order valence-electron chi connectivity index (χ2n) is 4.72. The third-order valence-corrected chi connectivity index (χ3v) is 3.85. The summed E-state index contributed by atoms with van der Waals surface area (Å²) < 4.78 is 6.53. The fourth-order valence-corrected chi connectivity index (χ4v) is 2.45. The van der Waals surface area contributed by atoms with Gasteiger partial charge >= 0.3 is 0 Å². The van der Waals surface area contributed by atoms with Crippen molar-refractivity contribution in [3.05, 3.63) is 28.7 Å². The van der Waals surface area contributed by atoms with Crippen LogP contribution in [0, 0.1) is 0 Å². The number of carbonyl (C=O) groups is 1. The largest absolute Gasteiger partial charge is 0.480 e. The molecule has 1 aromatic rings. The van der Waals surface area contributed by atoms with Crippen LogP contribution in [0.25, 0.3) is 0 Å². The van der Waals surface area contributed by atoms with Crippen LogP contribution in [0.3, 0.4) is 0 Å². The molecule has 4 nitrogen and oxygen atoms in total. The number of nitrogens with one attached hydrogen (secondary N) is 2. The number of rotatable bonds is 4. The van der Waals surface area contributed by atoms with Gasteiger partial charge in [-0.05, 0) is 60.9 Å². The van der Waals surface area contributed by atoms with Crippen LogP contribution in [-0.4, -0.2) is 31.1 Å². The summed E-state index contributed by atoms with van der Waals surface area (Å²) in [4.78, 5) is 12.1. The van der Waals surface area contributed by atoms with Crippen molar-refractivity contribution >= 4 is 34.2 Å². The van der Waals surface area contributed by atoms with Gasteiger partial charge < -0.3 is 15.4 Å². The number of amides is 1. The van der Waals surface area contributed by atoms with E-state index in [1.807, 2.05) is 24.3 Å². The van der Waals surface area contributed by atoms with Gasteiger partial charge in [0.05, 0.1) is 4.47 Å². The molecule has 0 aromatic heterocycles. The third-order valence-electron chi connectivity index (χ3n) is 3.20. The van der Waals surface area contributed by atoms with E-state index in [-0.39, 0.29) is 24.4 Å². The van der Waals surface area contributed by atoms with E-state index in [9.17, 15) is 4.79 Å². The highest BCUT2D eigenvalue weighted by molar-refractivity contribution is 9.10. The minimum absolute atomic E-state index is 0. The molecule has 20 heavy (non-hydrogen) atoms. The van der Waals surface area contributed by atoms with Crippen LogP contribution < -0.4 is 15.4 Å². The molecule has 1 aliphatic rings. The maximum absolute atomic E-state index is 12.1. The van der Waals surface area contributed by atoms with Gasteiger partial charge in [-0.2, -0.15) is 0 Å². The number of ether oxygens (including phenoxy) is 1. The first-order chi connectivity index (χ1) is 9.16. The molecular weight excluding hydrogens is 344 g/mol. The topological polar surface area (TPSA) is 50.4 Å². The standard InChI is InChI=1S/C14H19BrN2O2.ClH/c1-10(19-13-5-3-2-4-12(13)15)14(18)17-11-6-8-16-9-7-11;/h2-5,10-11,16H,6-9H2,1H3,(H,17,18);1H. The molecule has 1 fully saturated rings. The first-order valence-electron chi connectivity index (χ1n) is 6.59. The Balaban J connectivity index is 0.00000200. The van der Waals surface area contributed by atoms with Crippen molar-refractivity contribution in [1.29, 1.82) is 0 Å². The molecule has 6 heteroatoms. The number of halogens is 2. The Morgan fingerprint density at radius 3 is 2.70 bits per heavy atom. The van der Waals surface area contributed by atoms with E-state index in [0.29, 0.717) is 5.75 Å². The Bertz CT molecular complexity index is 439. The zero-order valence-electron chi connectivity index (χ0n) is 11.4. The lowest BCUT2D eigenvalue weighted by molar-refractivity contribution is -0.128. The smallest absolute Gasteiger partial charge is 0.260 e. The van der Waals surface area contributed by atoms with E-state index < -0.39 is 6.10 Å². The molecule has 1 heterocycles. The second kappa shape index (κ2) is 8.49. The van der Waals surface area contributed by atoms with Crippen molar-refractivity contribution in [2.24, 2.45) is 0 Å². The Kier molecular flexibility index (Phi) is 7.34. The molecule has 0 bridgehead atoms. The van der Waals surface area contributed by atoms with Crippen LogP contribution in [-0.2, 0) is 4.79 Å². The summed E-state index contributed by atoms with van der Waals surface area (Å²) in [5.74, 6) is 0.637. The molecule has 0 saturated carbocycles. The van der Waals surface area contributed by atoms with E-state index in [4.69, 9.17) is 4.74 Å². The maximum atomic E-state index is 12.1. The Labute approximate surface area is 134 Å². The van der Waals surface area contributed by atoms with Gasteiger partial charge in [0.1, 0.15) is 5.75 Å². The minimum Gasteiger partial charge on any atom is -0.480 e. The quantitative estimate of drug-likeness (QED) is 0.864. The molecule has 1 amide bonds. The zero-order valence-corrected chi connectivity index (χ0v) is 13.8. The number of carbonyl (C=O) groups excluding carboxylic acids is 1. The minimum atomic E-state index is -0.492. The van der Waals surface area contributed by atoms with Crippen LogP contribution in [0.1, 0.15) is 19.8 Å². The molecule has 1 unspecified atom stereocenters. The average molecular weight is 364 g/mol. The monoisotopic (exact) mass is 362 g/mol. The molecule has 2 rings (SSSR count). The molecule has 112 valence electrons. The van der Waals surface area contributed by atoms with Crippen LogP contribution >= 0.6 is 28.3 Å². The fraction of sp³-hybridized carbons (Fsp3) is 0.500. The number of benzene rings is 1. The summed E-state index contributed by atoms with van der Waals surface area (Å²) in [6.45, 7) is 3.70. The highest BCUT2D eigenvalue weighted by Crippen LogP contribution is 2.24. The normalized spacial score (nSPS) is 16.9. The van der Waals surface area contributed by atoms with Crippen molar-refractivity contribution in [1.82, 2.24) is 10.6 Å². The van der Waals surface area contributed by atoms with E-state index in [1.54, 1.807) is 6.92 Å². The molecule has 0 aliphatic carbocycles. The summed E-state index contributed by atoms with van der Waals surface area (Å²) in [5, 5.41) is 6.31. The van der Waals surface area contributed by atoms with E-state index in [2.05, 4.69) is 26.6 Å². The van der Waals surface area contributed by atoms with E-state index in [1.165, 1.54) is 0 Å². The first-order valence-corrected chi connectivity index (χ1v) is 7.38. The fourth-order valence-electron chi connectivity index (χ4n) is 2.07. The molecule has 1 saturated heterocycles. The number of hydrogen-bond acceptors (Lipinski definition) is 3. The molecular formula is C14H20BrClN2O2.